The summed E-state index contributed by atoms with van der Waals surface area (Å²) in [7, 11) is 1.59. The predicted octanol–water partition coefficient (Wildman–Crippen LogP) is 3.23. The van der Waals surface area contributed by atoms with Crippen molar-refractivity contribution in [1.82, 2.24) is 14.9 Å². The topological polar surface area (TPSA) is 91.3 Å². The van der Waals surface area contributed by atoms with Gasteiger partial charge in [-0.2, -0.15) is 0 Å². The Labute approximate surface area is 235 Å². The number of amides is 2. The lowest BCUT2D eigenvalue weighted by Crippen LogP contribution is -2.40. The van der Waals surface area contributed by atoms with Gasteiger partial charge >= 0.3 is 0 Å². The van der Waals surface area contributed by atoms with Crippen LogP contribution in [0, 0.1) is 0 Å². The Morgan fingerprint density at radius 1 is 0.875 bits per heavy atom. The third-order valence-corrected chi connectivity index (χ3v) is 7.39. The van der Waals surface area contributed by atoms with Gasteiger partial charge in [0.15, 0.2) is 0 Å². The second-order valence-corrected chi connectivity index (χ2v) is 9.90. The fraction of sp³-hybridized carbons (Fsp3) is 0.400. The maximum absolute atomic E-state index is 14.3. The summed E-state index contributed by atoms with van der Waals surface area (Å²) in [6.45, 7) is 6.96. The molecule has 0 saturated carbocycles. The minimum atomic E-state index is -0.135. The highest BCUT2D eigenvalue weighted by Gasteiger charge is 2.26. The number of carbonyl (C=O) groups excluding carboxylic acids is 2. The number of hydrogen-bond donors (Lipinski definition) is 0. The fourth-order valence-electron chi connectivity index (χ4n) is 5.29. The van der Waals surface area contributed by atoms with E-state index in [1.54, 1.807) is 37.4 Å². The zero-order valence-corrected chi connectivity index (χ0v) is 23.2. The summed E-state index contributed by atoms with van der Waals surface area (Å²) >= 11 is 0. The van der Waals surface area contributed by atoms with Gasteiger partial charge in [-0.25, -0.2) is 9.97 Å². The standard InChI is InChI=1S/C30H36N6O4/c1-23(37)36-14-6-13-34(30-31-11-5-12-32-30)15-16-35(22-24-7-3-4-8-27(24)36)29(38)26-21-25(9-10-28(26)39-2)33-17-19-40-20-18-33/h3-5,7-12,21H,6,13-20,22H2,1-2H3. The van der Waals surface area contributed by atoms with Gasteiger partial charge < -0.3 is 29.1 Å². The number of nitrogens with zero attached hydrogens (tertiary/aromatic N) is 6. The van der Waals surface area contributed by atoms with Crippen LogP contribution in [0.4, 0.5) is 17.3 Å². The van der Waals surface area contributed by atoms with Gasteiger partial charge in [-0.1, -0.05) is 18.2 Å². The molecule has 2 aliphatic heterocycles. The van der Waals surface area contributed by atoms with Crippen LogP contribution in [-0.2, 0) is 16.1 Å². The smallest absolute Gasteiger partial charge is 0.258 e. The number of ether oxygens (including phenoxy) is 2. The number of morpholine rings is 1. The summed E-state index contributed by atoms with van der Waals surface area (Å²) in [6.07, 6.45) is 4.17. The van der Waals surface area contributed by atoms with E-state index >= 15 is 0 Å². The van der Waals surface area contributed by atoms with Crippen molar-refractivity contribution in [2.75, 3.05) is 74.3 Å². The molecular weight excluding hydrogens is 508 g/mol. The van der Waals surface area contributed by atoms with Crippen molar-refractivity contribution in [1.29, 1.82) is 0 Å². The van der Waals surface area contributed by atoms with Crippen LogP contribution in [0.25, 0.3) is 0 Å². The number of para-hydroxylation sites is 1. The highest BCUT2D eigenvalue weighted by molar-refractivity contribution is 5.98. The van der Waals surface area contributed by atoms with Crippen LogP contribution in [-0.4, -0.2) is 86.3 Å². The van der Waals surface area contributed by atoms with Gasteiger partial charge in [0, 0.05) is 76.5 Å². The number of anilines is 3. The van der Waals surface area contributed by atoms with Crippen molar-refractivity contribution in [3.8, 4) is 5.75 Å². The molecule has 5 rings (SSSR count). The summed E-state index contributed by atoms with van der Waals surface area (Å²) in [4.78, 5) is 43.9. The van der Waals surface area contributed by atoms with Crippen LogP contribution in [0.15, 0.2) is 60.9 Å². The molecule has 2 aliphatic rings. The minimum absolute atomic E-state index is 0.0352. The highest BCUT2D eigenvalue weighted by Crippen LogP contribution is 2.29. The number of aromatic nitrogens is 2. The van der Waals surface area contributed by atoms with Gasteiger partial charge in [0.05, 0.1) is 25.9 Å². The first-order valence-electron chi connectivity index (χ1n) is 13.7. The Morgan fingerprint density at radius 3 is 2.40 bits per heavy atom. The van der Waals surface area contributed by atoms with Crippen molar-refractivity contribution in [3.63, 3.8) is 0 Å². The number of carbonyl (C=O) groups is 2. The first-order valence-corrected chi connectivity index (χ1v) is 13.7. The maximum atomic E-state index is 14.3. The second kappa shape index (κ2) is 12.8. The van der Waals surface area contributed by atoms with Crippen LogP contribution in [0.5, 0.6) is 5.75 Å². The molecule has 1 saturated heterocycles. The molecule has 40 heavy (non-hydrogen) atoms. The largest absolute Gasteiger partial charge is 0.496 e. The molecule has 0 radical (unpaired) electrons. The summed E-state index contributed by atoms with van der Waals surface area (Å²) in [5.41, 5.74) is 3.21. The summed E-state index contributed by atoms with van der Waals surface area (Å²) < 4.78 is 11.2. The average molecular weight is 545 g/mol. The minimum Gasteiger partial charge on any atom is -0.496 e. The molecule has 2 amide bonds. The van der Waals surface area contributed by atoms with Crippen LogP contribution in [0.2, 0.25) is 0 Å². The quantitative estimate of drug-likeness (QED) is 0.495. The molecule has 2 aromatic carbocycles. The SMILES string of the molecule is COc1ccc(N2CCOCC2)cc1C(=O)N1CCN(c2ncccn2)CCCN(C(C)=O)c2ccccc2C1. The zero-order chi connectivity index (χ0) is 27.9. The molecule has 3 aromatic rings. The second-order valence-electron chi connectivity index (χ2n) is 9.90. The molecule has 0 unspecified atom stereocenters. The molecule has 210 valence electrons. The molecule has 0 spiro atoms. The van der Waals surface area contributed by atoms with Gasteiger partial charge in [0.25, 0.3) is 5.91 Å². The number of hydrogen-bond acceptors (Lipinski definition) is 8. The lowest BCUT2D eigenvalue weighted by atomic mass is 10.1. The lowest BCUT2D eigenvalue weighted by Gasteiger charge is -2.31. The normalized spacial score (nSPS) is 16.6. The molecule has 1 aromatic heterocycles. The number of benzene rings is 2. The third-order valence-electron chi connectivity index (χ3n) is 7.39. The first-order chi connectivity index (χ1) is 19.5. The molecule has 10 heteroatoms. The highest BCUT2D eigenvalue weighted by atomic mass is 16.5. The van der Waals surface area contributed by atoms with Gasteiger partial charge in [-0.3, -0.25) is 9.59 Å². The molecule has 0 aliphatic carbocycles. The van der Waals surface area contributed by atoms with Crippen molar-refractivity contribution in [2.24, 2.45) is 0 Å². The van der Waals surface area contributed by atoms with E-state index in [0.29, 0.717) is 63.2 Å². The first kappa shape index (κ1) is 27.4. The van der Waals surface area contributed by atoms with Crippen LogP contribution < -0.4 is 19.4 Å². The molecule has 0 atom stereocenters. The Morgan fingerprint density at radius 2 is 1.65 bits per heavy atom. The van der Waals surface area contributed by atoms with Crippen molar-refractivity contribution < 1.29 is 19.1 Å². The zero-order valence-electron chi connectivity index (χ0n) is 23.2. The van der Waals surface area contributed by atoms with Crippen molar-refractivity contribution >= 4 is 29.1 Å². The Balaban J connectivity index is 1.52. The predicted molar refractivity (Wildman–Crippen MR) is 154 cm³/mol. The Hall–Kier alpha value is -4.18. The van der Waals surface area contributed by atoms with Gasteiger partial charge in [-0.05, 0) is 42.3 Å². The Bertz CT molecular complexity index is 1310. The van der Waals surface area contributed by atoms with E-state index < -0.39 is 0 Å². The molecule has 0 bridgehead atoms. The molecule has 10 nitrogen and oxygen atoms in total. The monoisotopic (exact) mass is 544 g/mol. The average Bonchev–Trinajstić information content (AvgIpc) is 3.04. The maximum Gasteiger partial charge on any atom is 0.258 e. The lowest BCUT2D eigenvalue weighted by molar-refractivity contribution is -0.116. The van der Waals surface area contributed by atoms with Crippen LogP contribution in [0.3, 0.4) is 0 Å². The van der Waals surface area contributed by atoms with Crippen LogP contribution in [0.1, 0.15) is 29.3 Å². The van der Waals surface area contributed by atoms with Crippen LogP contribution >= 0.6 is 0 Å². The van der Waals surface area contributed by atoms with Crippen molar-refractivity contribution in [2.45, 2.75) is 19.9 Å². The molecule has 1 fully saturated rings. The Kier molecular flexibility index (Phi) is 8.75. The third kappa shape index (κ3) is 6.17. The van der Waals surface area contributed by atoms with Gasteiger partial charge in [0.1, 0.15) is 5.75 Å². The van der Waals surface area contributed by atoms with E-state index in [4.69, 9.17) is 9.47 Å². The fourth-order valence-corrected chi connectivity index (χ4v) is 5.29. The number of methoxy groups -OCH3 is 1. The molecule has 0 N–H and O–H groups in total. The van der Waals surface area contributed by atoms with Crippen molar-refractivity contribution in [3.05, 3.63) is 72.1 Å². The van der Waals surface area contributed by atoms with E-state index in [2.05, 4.69) is 19.8 Å². The summed E-state index contributed by atoms with van der Waals surface area (Å²) in [5, 5.41) is 0. The van der Waals surface area contributed by atoms with E-state index in [9.17, 15) is 9.59 Å². The van der Waals surface area contributed by atoms with E-state index in [1.807, 2.05) is 47.4 Å². The summed E-state index contributed by atoms with van der Waals surface area (Å²) in [5.74, 6) is 0.961. The number of rotatable bonds is 4. The molecular formula is C30H36N6O4. The van der Waals surface area contributed by atoms with Gasteiger partial charge in [-0.15, -0.1) is 0 Å². The van der Waals surface area contributed by atoms with E-state index in [1.165, 1.54) is 0 Å². The number of fused-ring (bicyclic) bond motifs is 1. The van der Waals surface area contributed by atoms with E-state index in [0.717, 1.165) is 36.4 Å². The molecule has 3 heterocycles. The summed E-state index contributed by atoms with van der Waals surface area (Å²) in [6, 6.07) is 15.4. The van der Waals surface area contributed by atoms with Gasteiger partial charge in [0.2, 0.25) is 11.9 Å². The van der Waals surface area contributed by atoms with E-state index in [-0.39, 0.29) is 11.8 Å².